The van der Waals surface area contributed by atoms with Crippen LogP contribution in [0, 0.1) is 0 Å². The molecule has 0 radical (unpaired) electrons. The first-order valence-corrected chi connectivity index (χ1v) is 26.3. The van der Waals surface area contributed by atoms with Gasteiger partial charge in [0.2, 0.25) is 0 Å². The molecule has 11 aromatic carbocycles. The van der Waals surface area contributed by atoms with E-state index in [2.05, 4.69) is 330 Å². The van der Waals surface area contributed by atoms with Gasteiger partial charge in [-0.25, -0.2) is 0 Å². The summed E-state index contributed by atoms with van der Waals surface area (Å²) in [5.74, 6) is 1.53. The maximum absolute atomic E-state index is 7.08. The van der Waals surface area contributed by atoms with Crippen molar-refractivity contribution < 1.29 is 4.74 Å². The lowest BCUT2D eigenvalue weighted by Crippen LogP contribution is -2.35. The third-order valence-corrected chi connectivity index (χ3v) is 14.4. The minimum atomic E-state index is -1.06. The molecule has 5 nitrogen and oxygen atoms in total. The fourth-order valence-corrected chi connectivity index (χ4v) is 11.1. The first-order valence-electron chi connectivity index (χ1n) is 26.3. The second kappa shape index (κ2) is 21.8. The first-order chi connectivity index (χ1) is 38.6. The average molecular weight is 1010 g/mol. The molecular formula is C73H56N4O. The Morgan fingerprint density at radius 1 is 0.308 bits per heavy atom. The van der Waals surface area contributed by atoms with Gasteiger partial charge in [0.1, 0.15) is 11.5 Å². The predicted octanol–water partition coefficient (Wildman–Crippen LogP) is 20.0. The van der Waals surface area contributed by atoms with Gasteiger partial charge in [-0.2, -0.15) is 0 Å². The highest BCUT2D eigenvalue weighted by molar-refractivity contribution is 5.88. The zero-order valence-corrected chi connectivity index (χ0v) is 43.1. The molecule has 0 amide bonds. The van der Waals surface area contributed by atoms with Crippen LogP contribution in [0.3, 0.4) is 0 Å². The van der Waals surface area contributed by atoms with Gasteiger partial charge in [0.25, 0.3) is 0 Å². The monoisotopic (exact) mass is 1000 g/mol. The van der Waals surface area contributed by atoms with Crippen molar-refractivity contribution >= 4 is 62.6 Å². The highest BCUT2D eigenvalue weighted by Gasteiger charge is 2.47. The number of hydrogen-bond donors (Lipinski definition) is 0. The molecular weight excluding hydrogens is 949 g/mol. The van der Waals surface area contributed by atoms with Crippen LogP contribution in [0.5, 0.6) is 11.5 Å². The molecule has 5 heteroatoms. The Kier molecular flexibility index (Phi) is 13.6. The number of hydrogen-bond acceptors (Lipinski definition) is 5. The summed E-state index contributed by atoms with van der Waals surface area (Å²) in [6.07, 6.45) is 5.75. The quantitative estimate of drug-likeness (QED) is 0.0897. The van der Waals surface area contributed by atoms with E-state index in [0.29, 0.717) is 0 Å². The third kappa shape index (κ3) is 9.20. The summed E-state index contributed by atoms with van der Waals surface area (Å²) >= 11 is 0. The Balaban J connectivity index is 1.27. The molecule has 0 fully saturated rings. The molecule has 0 atom stereocenters. The summed E-state index contributed by atoms with van der Waals surface area (Å²) in [4.78, 5) is 9.37. The molecule has 0 unspecified atom stereocenters. The van der Waals surface area contributed by atoms with Crippen molar-refractivity contribution in [2.24, 2.45) is 0 Å². The zero-order chi connectivity index (χ0) is 52.7. The van der Waals surface area contributed by atoms with Crippen LogP contribution in [0.2, 0.25) is 0 Å². The van der Waals surface area contributed by atoms with Gasteiger partial charge < -0.3 is 24.3 Å². The maximum Gasteiger partial charge on any atom is 0.132 e. The van der Waals surface area contributed by atoms with E-state index < -0.39 is 5.41 Å². The Bertz CT molecular complexity index is 3600. The van der Waals surface area contributed by atoms with Crippen molar-refractivity contribution in [3.05, 3.63) is 357 Å². The van der Waals surface area contributed by atoms with Crippen LogP contribution >= 0.6 is 0 Å². The van der Waals surface area contributed by atoms with Crippen LogP contribution in [0.15, 0.2) is 334 Å². The number of anilines is 11. The highest BCUT2D eigenvalue weighted by Crippen LogP contribution is 2.58. The van der Waals surface area contributed by atoms with Crippen molar-refractivity contribution in [3.63, 3.8) is 0 Å². The minimum absolute atomic E-state index is 0.766. The summed E-state index contributed by atoms with van der Waals surface area (Å²) < 4.78 is 7.08. The highest BCUT2D eigenvalue weighted by atomic mass is 16.5. The lowest BCUT2D eigenvalue weighted by atomic mass is 9.63. The van der Waals surface area contributed by atoms with Gasteiger partial charge >= 0.3 is 0 Å². The van der Waals surface area contributed by atoms with Gasteiger partial charge in [-0.05, 0) is 157 Å². The van der Waals surface area contributed by atoms with E-state index in [1.165, 1.54) is 0 Å². The zero-order valence-electron chi connectivity index (χ0n) is 43.1. The number of rotatable bonds is 16. The maximum atomic E-state index is 7.08. The molecule has 0 N–H and O–H groups in total. The van der Waals surface area contributed by atoms with E-state index in [-0.39, 0.29) is 0 Å². The van der Waals surface area contributed by atoms with Crippen molar-refractivity contribution in [2.75, 3.05) is 19.6 Å². The van der Waals surface area contributed by atoms with E-state index in [9.17, 15) is 0 Å². The van der Waals surface area contributed by atoms with Gasteiger partial charge in [-0.15, -0.1) is 0 Å². The molecule has 11 aromatic rings. The van der Waals surface area contributed by atoms with Crippen molar-refractivity contribution in [1.29, 1.82) is 0 Å². The number of allylic oxidation sites excluding steroid dienone is 3. The standard InChI is InChI=1S/C73H56N4O/c1-3-30-57(4-2)74(58-31-12-5-13-32-58)65-49-55(50-66(53-65)75(59-33-14-6-15-34-59)60-35-16-7-17-36-60)73(69-45-26-28-47-71(69)78-72-48-29-27-46-70(72)73)56-51-67(76(61-37-18-8-19-38-61)62-39-20-9-21-40-62)54-68(52-56)77(63-41-22-10-23-42-63)64-43-24-11-25-44-64/h3-54H,1-2H2/b57-30+. The van der Waals surface area contributed by atoms with Crippen molar-refractivity contribution in [2.45, 2.75) is 5.41 Å². The van der Waals surface area contributed by atoms with Crippen LogP contribution in [-0.2, 0) is 5.41 Å². The fourth-order valence-electron chi connectivity index (χ4n) is 11.1. The van der Waals surface area contributed by atoms with Crippen LogP contribution in [0.25, 0.3) is 0 Å². The summed E-state index contributed by atoms with van der Waals surface area (Å²) in [5.41, 5.74) is 14.7. The van der Waals surface area contributed by atoms with E-state index >= 15 is 0 Å². The Morgan fingerprint density at radius 3 is 0.910 bits per heavy atom. The van der Waals surface area contributed by atoms with Crippen LogP contribution in [0.4, 0.5) is 62.6 Å². The lowest BCUT2D eigenvalue weighted by Gasteiger charge is -2.43. The van der Waals surface area contributed by atoms with E-state index in [4.69, 9.17) is 4.74 Å². The van der Waals surface area contributed by atoms with Gasteiger partial charge in [0.05, 0.1) is 5.41 Å². The predicted molar refractivity (Wildman–Crippen MR) is 326 cm³/mol. The summed E-state index contributed by atoms with van der Waals surface area (Å²) in [7, 11) is 0. The topological polar surface area (TPSA) is 22.2 Å². The van der Waals surface area contributed by atoms with Crippen LogP contribution in [0.1, 0.15) is 22.3 Å². The van der Waals surface area contributed by atoms with Crippen molar-refractivity contribution in [3.8, 4) is 11.5 Å². The van der Waals surface area contributed by atoms with E-state index in [0.717, 1.165) is 102 Å². The molecule has 374 valence electrons. The number of para-hydroxylation sites is 9. The van der Waals surface area contributed by atoms with Gasteiger partial charge in [-0.3, -0.25) is 0 Å². The number of fused-ring (bicyclic) bond motifs is 2. The van der Waals surface area contributed by atoms with Gasteiger partial charge in [0, 0.05) is 79.4 Å². The molecule has 0 spiro atoms. The van der Waals surface area contributed by atoms with E-state index in [1.807, 2.05) is 18.2 Å². The summed E-state index contributed by atoms with van der Waals surface area (Å²) in [6, 6.07) is 106. The lowest BCUT2D eigenvalue weighted by molar-refractivity contribution is 0.434. The Hall–Kier alpha value is -10.4. The van der Waals surface area contributed by atoms with Crippen LogP contribution in [-0.4, -0.2) is 0 Å². The van der Waals surface area contributed by atoms with Crippen LogP contribution < -0.4 is 24.3 Å². The second-order valence-electron chi connectivity index (χ2n) is 19.0. The average Bonchev–Trinajstić information content (AvgIpc) is 3.64. The molecule has 1 aliphatic heterocycles. The minimum Gasteiger partial charge on any atom is -0.457 e. The number of benzene rings is 11. The fraction of sp³-hybridized carbons (Fsp3) is 0.0137. The smallest absolute Gasteiger partial charge is 0.132 e. The molecule has 1 aliphatic rings. The molecule has 1 heterocycles. The summed E-state index contributed by atoms with van der Waals surface area (Å²) in [5, 5.41) is 0. The summed E-state index contributed by atoms with van der Waals surface area (Å²) in [6.45, 7) is 8.58. The Morgan fingerprint density at radius 2 is 0.590 bits per heavy atom. The molecule has 0 aliphatic carbocycles. The normalized spacial score (nSPS) is 12.2. The number of ether oxygens (including phenoxy) is 1. The number of nitrogens with zero attached hydrogens (tertiary/aromatic N) is 4. The second-order valence-corrected chi connectivity index (χ2v) is 19.0. The molecule has 0 saturated heterocycles. The molecule has 0 saturated carbocycles. The molecule has 12 rings (SSSR count). The Labute approximate surface area is 458 Å². The molecule has 78 heavy (non-hydrogen) atoms. The van der Waals surface area contributed by atoms with Crippen molar-refractivity contribution in [1.82, 2.24) is 0 Å². The molecule has 0 bridgehead atoms. The van der Waals surface area contributed by atoms with E-state index in [1.54, 1.807) is 0 Å². The first kappa shape index (κ1) is 48.6. The largest absolute Gasteiger partial charge is 0.457 e. The van der Waals surface area contributed by atoms with Gasteiger partial charge in [0.15, 0.2) is 0 Å². The third-order valence-electron chi connectivity index (χ3n) is 14.4. The molecule has 0 aromatic heterocycles. The SMILES string of the molecule is C=C/C=C(\C=C)N(c1ccccc1)c1cc(N(c2ccccc2)c2ccccc2)cc(C2(c3cc(N(c4ccccc4)c4ccccc4)cc(N(c4ccccc4)c4ccccc4)c3)c3ccccc3Oc3ccccc32)c1. The van der Waals surface area contributed by atoms with Gasteiger partial charge in [-0.1, -0.05) is 183 Å².